The Kier molecular flexibility index (Phi) is 5.05. The van der Waals surface area contributed by atoms with E-state index in [-0.39, 0.29) is 10.6 Å². The van der Waals surface area contributed by atoms with Crippen LogP contribution in [0.1, 0.15) is 45.4 Å². The molecule has 20 heavy (non-hydrogen) atoms. The molecule has 2 N–H and O–H groups in total. The van der Waals surface area contributed by atoms with E-state index in [0.717, 1.165) is 25.7 Å². The van der Waals surface area contributed by atoms with Crippen molar-refractivity contribution in [1.82, 2.24) is 9.78 Å². The first-order valence-corrected chi connectivity index (χ1v) is 7.65. The van der Waals surface area contributed by atoms with Crippen LogP contribution in [0.5, 0.6) is 0 Å². The van der Waals surface area contributed by atoms with Crippen molar-refractivity contribution in [2.75, 3.05) is 11.9 Å². The Hall–Kier alpha value is -1.07. The van der Waals surface area contributed by atoms with Crippen molar-refractivity contribution < 1.29 is 5.11 Å². The van der Waals surface area contributed by atoms with Crippen LogP contribution >= 0.6 is 11.6 Å². The van der Waals surface area contributed by atoms with Crippen LogP contribution in [0.25, 0.3) is 0 Å². The molecule has 5 nitrogen and oxygen atoms in total. The monoisotopic (exact) mass is 299 g/mol. The molecule has 1 aliphatic rings. The van der Waals surface area contributed by atoms with Crippen LogP contribution in [0.2, 0.25) is 5.02 Å². The Morgan fingerprint density at radius 1 is 1.40 bits per heavy atom. The molecule has 0 atom stereocenters. The van der Waals surface area contributed by atoms with Crippen LogP contribution < -0.4 is 10.9 Å². The molecule has 6 heteroatoms. The summed E-state index contributed by atoms with van der Waals surface area (Å²) in [5.74, 6) is 0. The third kappa shape index (κ3) is 3.52. The molecule has 1 aromatic heterocycles. The second kappa shape index (κ2) is 6.59. The maximum atomic E-state index is 11.9. The van der Waals surface area contributed by atoms with E-state index in [9.17, 15) is 9.90 Å². The van der Waals surface area contributed by atoms with Crippen LogP contribution in [0.15, 0.2) is 11.0 Å². The highest BCUT2D eigenvalue weighted by Gasteiger charge is 2.28. The number of hydrogen-bond acceptors (Lipinski definition) is 4. The first-order chi connectivity index (χ1) is 9.56. The Morgan fingerprint density at radius 2 is 2.05 bits per heavy atom. The number of aromatic nitrogens is 2. The number of anilines is 1. The summed E-state index contributed by atoms with van der Waals surface area (Å²) in [5.41, 5.74) is -0.509. The van der Waals surface area contributed by atoms with Crippen molar-refractivity contribution in [2.45, 2.75) is 57.6 Å². The minimum absolute atomic E-state index is 0.138. The molecule has 0 bridgehead atoms. The van der Waals surface area contributed by atoms with Gasteiger partial charge in [-0.25, -0.2) is 4.68 Å². The molecule has 1 fully saturated rings. The van der Waals surface area contributed by atoms with E-state index in [1.165, 1.54) is 17.5 Å². The van der Waals surface area contributed by atoms with E-state index in [1.54, 1.807) is 6.20 Å². The van der Waals surface area contributed by atoms with Crippen molar-refractivity contribution in [3.8, 4) is 0 Å². The van der Waals surface area contributed by atoms with E-state index in [4.69, 9.17) is 11.6 Å². The summed E-state index contributed by atoms with van der Waals surface area (Å²) in [6.45, 7) is 2.73. The zero-order valence-corrected chi connectivity index (χ0v) is 12.6. The summed E-state index contributed by atoms with van der Waals surface area (Å²) in [5, 5.41) is 17.8. The summed E-state index contributed by atoms with van der Waals surface area (Å²) >= 11 is 6.06. The van der Waals surface area contributed by atoms with E-state index in [0.29, 0.717) is 18.8 Å². The Balaban J connectivity index is 2.07. The smallest absolute Gasteiger partial charge is 0.287 e. The lowest BCUT2D eigenvalue weighted by Crippen LogP contribution is -2.37. The second-order valence-electron chi connectivity index (χ2n) is 5.49. The van der Waals surface area contributed by atoms with Gasteiger partial charge in [0, 0.05) is 13.1 Å². The highest BCUT2D eigenvalue weighted by atomic mass is 35.5. The Bertz CT molecular complexity index is 508. The van der Waals surface area contributed by atoms with Crippen LogP contribution in [0.4, 0.5) is 5.69 Å². The molecule has 1 aliphatic carbocycles. The van der Waals surface area contributed by atoms with Crippen LogP contribution in [0, 0.1) is 0 Å². The zero-order chi connectivity index (χ0) is 14.6. The highest BCUT2D eigenvalue weighted by molar-refractivity contribution is 6.32. The number of hydrogen-bond donors (Lipinski definition) is 2. The van der Waals surface area contributed by atoms with Gasteiger partial charge in [0.2, 0.25) is 0 Å². The fraction of sp³-hybridized carbons (Fsp3) is 0.714. The largest absolute Gasteiger partial charge is 0.388 e. The van der Waals surface area contributed by atoms with Crippen LogP contribution in [-0.4, -0.2) is 27.0 Å². The predicted molar refractivity (Wildman–Crippen MR) is 80.3 cm³/mol. The Labute approximate surface area is 124 Å². The molecule has 0 aliphatic heterocycles. The predicted octanol–water partition coefficient (Wildman–Crippen LogP) is 2.41. The van der Waals surface area contributed by atoms with Gasteiger partial charge in [-0.2, -0.15) is 5.10 Å². The van der Waals surface area contributed by atoms with Crippen molar-refractivity contribution >= 4 is 17.3 Å². The number of halogens is 1. The molecule has 0 radical (unpaired) electrons. The third-order valence-electron chi connectivity index (χ3n) is 3.93. The highest BCUT2D eigenvalue weighted by Crippen LogP contribution is 2.28. The molecule has 0 unspecified atom stereocenters. The van der Waals surface area contributed by atoms with Crippen LogP contribution in [-0.2, 0) is 6.54 Å². The molecule has 2 rings (SSSR count). The number of nitrogens with one attached hydrogen (secondary N) is 1. The zero-order valence-electron chi connectivity index (χ0n) is 11.9. The lowest BCUT2D eigenvalue weighted by molar-refractivity contribution is 0.0381. The normalized spacial score (nSPS) is 18.6. The van der Waals surface area contributed by atoms with Crippen molar-refractivity contribution in [3.05, 3.63) is 21.6 Å². The SMILES string of the molecule is CCn1ncc(NCC2(O)CCCCCC2)c(Cl)c1=O. The standard InChI is InChI=1S/C14H22ClN3O2/c1-2-18-13(19)12(15)11(9-17-18)16-10-14(20)7-5-3-4-6-8-14/h9,16,20H,2-8,10H2,1H3. The average Bonchev–Trinajstić information content (AvgIpc) is 2.66. The third-order valence-corrected chi connectivity index (χ3v) is 4.29. The number of rotatable bonds is 4. The topological polar surface area (TPSA) is 67.2 Å². The molecular weight excluding hydrogens is 278 g/mol. The summed E-state index contributed by atoms with van der Waals surface area (Å²) in [7, 11) is 0. The van der Waals surface area contributed by atoms with Gasteiger partial charge in [0.1, 0.15) is 5.02 Å². The lowest BCUT2D eigenvalue weighted by Gasteiger charge is -2.27. The molecule has 0 aromatic carbocycles. The first kappa shape index (κ1) is 15.3. The van der Waals surface area contributed by atoms with Gasteiger partial charge in [0.15, 0.2) is 0 Å². The average molecular weight is 300 g/mol. The van der Waals surface area contributed by atoms with Gasteiger partial charge in [-0.15, -0.1) is 0 Å². The van der Waals surface area contributed by atoms with Gasteiger partial charge < -0.3 is 10.4 Å². The van der Waals surface area contributed by atoms with Gasteiger partial charge in [0.05, 0.1) is 17.5 Å². The molecule has 1 aromatic rings. The summed E-state index contributed by atoms with van der Waals surface area (Å²) < 4.78 is 1.31. The van der Waals surface area contributed by atoms with Crippen molar-refractivity contribution in [1.29, 1.82) is 0 Å². The van der Waals surface area contributed by atoms with Gasteiger partial charge in [-0.1, -0.05) is 37.3 Å². The van der Waals surface area contributed by atoms with Gasteiger partial charge in [0.25, 0.3) is 5.56 Å². The molecule has 0 spiro atoms. The van der Waals surface area contributed by atoms with Crippen LogP contribution in [0.3, 0.4) is 0 Å². The fourth-order valence-electron chi connectivity index (χ4n) is 2.64. The molecular formula is C14H22ClN3O2. The number of nitrogens with zero attached hydrogens (tertiary/aromatic N) is 2. The number of aryl methyl sites for hydroxylation is 1. The van der Waals surface area contributed by atoms with Gasteiger partial charge >= 0.3 is 0 Å². The summed E-state index contributed by atoms with van der Waals surface area (Å²) in [4.78, 5) is 11.9. The van der Waals surface area contributed by atoms with E-state index in [2.05, 4.69) is 10.4 Å². The fourth-order valence-corrected chi connectivity index (χ4v) is 2.85. The van der Waals surface area contributed by atoms with E-state index in [1.807, 2.05) is 6.92 Å². The summed E-state index contributed by atoms with van der Waals surface area (Å²) in [6, 6.07) is 0. The summed E-state index contributed by atoms with van der Waals surface area (Å²) in [6.07, 6.45) is 7.57. The Morgan fingerprint density at radius 3 is 2.65 bits per heavy atom. The second-order valence-corrected chi connectivity index (χ2v) is 5.86. The van der Waals surface area contributed by atoms with E-state index < -0.39 is 5.60 Å². The quantitative estimate of drug-likeness (QED) is 0.838. The molecule has 0 saturated heterocycles. The lowest BCUT2D eigenvalue weighted by atomic mass is 9.94. The van der Waals surface area contributed by atoms with Crippen molar-refractivity contribution in [2.24, 2.45) is 0 Å². The number of aliphatic hydroxyl groups is 1. The molecule has 0 amide bonds. The minimum atomic E-state index is -0.709. The minimum Gasteiger partial charge on any atom is -0.388 e. The van der Waals surface area contributed by atoms with Crippen molar-refractivity contribution in [3.63, 3.8) is 0 Å². The molecule has 1 heterocycles. The van der Waals surface area contributed by atoms with E-state index >= 15 is 0 Å². The maximum Gasteiger partial charge on any atom is 0.287 e. The maximum absolute atomic E-state index is 11.9. The van der Waals surface area contributed by atoms with Gasteiger partial charge in [-0.3, -0.25) is 4.79 Å². The molecule has 1 saturated carbocycles. The van der Waals surface area contributed by atoms with Gasteiger partial charge in [-0.05, 0) is 19.8 Å². The molecule has 112 valence electrons. The first-order valence-electron chi connectivity index (χ1n) is 7.27.